The van der Waals surface area contributed by atoms with Gasteiger partial charge in [0.2, 0.25) is 5.78 Å². The van der Waals surface area contributed by atoms with Crippen LogP contribution in [0.5, 0.6) is 0 Å². The summed E-state index contributed by atoms with van der Waals surface area (Å²) in [5, 5.41) is 9.08. The van der Waals surface area contributed by atoms with Gasteiger partial charge >= 0.3 is 0 Å². The highest BCUT2D eigenvalue weighted by Crippen LogP contribution is 1.93. The number of nitriles is 1. The van der Waals surface area contributed by atoms with Gasteiger partial charge in [-0.3, -0.25) is 9.59 Å². The number of carbonyl (C=O) groups excluding carboxylic acids is 2. The molecule has 0 aliphatic carbocycles. The summed E-state index contributed by atoms with van der Waals surface area (Å²) in [4.78, 5) is 20.0. The van der Waals surface area contributed by atoms with E-state index in [4.69, 9.17) is 5.26 Å². The maximum Gasteiger partial charge on any atom is 0.236 e. The summed E-state index contributed by atoms with van der Waals surface area (Å²) in [5.41, 5.74) is -0.242. The fraction of sp³-hybridized carbons (Fsp3) is 0. The zero-order chi connectivity index (χ0) is 7.28. The Morgan fingerprint density at radius 3 is 2.33 bits per heavy atom. The smallest absolute Gasteiger partial charge is 0.236 e. The third-order valence-electron chi connectivity index (χ3n) is 0.622. The lowest BCUT2D eigenvalue weighted by atomic mass is 10.2. The van der Waals surface area contributed by atoms with Gasteiger partial charge in [-0.05, 0) is 5.41 Å². The van der Waals surface area contributed by atoms with Crippen molar-refractivity contribution in [3.63, 3.8) is 0 Å². The average Bonchev–Trinajstić information content (AvgIpc) is 1.90. The minimum absolute atomic E-state index is 0.0747. The highest BCUT2D eigenvalue weighted by molar-refractivity contribution is 7.83. The van der Waals surface area contributed by atoms with Crippen LogP contribution in [0.25, 0.3) is 0 Å². The van der Waals surface area contributed by atoms with E-state index >= 15 is 0 Å². The minimum Gasteiger partial charge on any atom is -0.294 e. The normalized spacial score (nSPS) is 10.0. The van der Waals surface area contributed by atoms with Crippen molar-refractivity contribution in [3.8, 4) is 6.07 Å². The predicted molar refractivity (Wildman–Crippen MR) is 33.8 cm³/mol. The lowest BCUT2D eigenvalue weighted by Crippen LogP contribution is -2.00. The van der Waals surface area contributed by atoms with Gasteiger partial charge in [0.1, 0.15) is 11.6 Å². The number of hydrogen-bond donors (Lipinski definition) is 1. The molecule has 0 aliphatic rings. The van der Waals surface area contributed by atoms with E-state index in [1.54, 1.807) is 0 Å². The summed E-state index contributed by atoms with van der Waals surface area (Å²) >= 11 is 3.52. The van der Waals surface area contributed by atoms with Crippen LogP contribution in [0.4, 0.5) is 0 Å². The highest BCUT2D eigenvalue weighted by atomic mass is 32.1. The molecule has 3 nitrogen and oxygen atoms in total. The average molecular weight is 141 g/mol. The van der Waals surface area contributed by atoms with Gasteiger partial charge in [-0.1, -0.05) is 0 Å². The maximum atomic E-state index is 10.3. The Morgan fingerprint density at radius 2 is 2.22 bits per heavy atom. The Kier molecular flexibility index (Phi) is 3.40. The summed E-state index contributed by atoms with van der Waals surface area (Å²) in [6.45, 7) is 0. The first-order chi connectivity index (χ1) is 4.26. The van der Waals surface area contributed by atoms with Crippen molar-refractivity contribution in [2.75, 3.05) is 0 Å². The number of rotatable bonds is 2. The molecular weight excluding hydrogens is 138 g/mol. The fourth-order valence-electron chi connectivity index (χ4n) is 0.211. The SMILES string of the molecule is N#C/C(=C/S)C(=O)C=O. The van der Waals surface area contributed by atoms with Gasteiger partial charge in [0.25, 0.3) is 0 Å². The standard InChI is InChI=1S/C5H3NO2S/c6-1-4(3-9)5(8)2-7/h2-3,9H/b4-3-. The maximum absolute atomic E-state index is 10.3. The second-order valence-electron chi connectivity index (χ2n) is 1.14. The van der Waals surface area contributed by atoms with Crippen LogP contribution in [0.3, 0.4) is 0 Å². The number of thiol groups is 1. The van der Waals surface area contributed by atoms with Crippen molar-refractivity contribution in [2.45, 2.75) is 0 Å². The Morgan fingerprint density at radius 1 is 1.67 bits per heavy atom. The lowest BCUT2D eigenvalue weighted by molar-refractivity contribution is -0.127. The molecule has 0 bridgehead atoms. The van der Waals surface area contributed by atoms with Crippen LogP contribution in [0, 0.1) is 11.3 Å². The minimum atomic E-state index is -0.840. The van der Waals surface area contributed by atoms with Crippen molar-refractivity contribution in [2.24, 2.45) is 0 Å². The molecule has 4 heteroatoms. The first kappa shape index (κ1) is 7.92. The summed E-state index contributed by atoms with van der Waals surface area (Å²) in [5.74, 6) is -0.840. The first-order valence-corrected chi connectivity index (χ1v) is 2.52. The molecule has 0 radical (unpaired) electrons. The van der Waals surface area contributed by atoms with E-state index in [0.29, 0.717) is 0 Å². The molecule has 0 atom stereocenters. The van der Waals surface area contributed by atoms with Crippen LogP contribution >= 0.6 is 12.6 Å². The molecule has 9 heavy (non-hydrogen) atoms. The molecule has 0 amide bonds. The predicted octanol–water partition coefficient (Wildman–Crippen LogP) is 0.0917. The van der Waals surface area contributed by atoms with E-state index in [-0.39, 0.29) is 11.9 Å². The monoisotopic (exact) mass is 141 g/mol. The number of hydrogen-bond acceptors (Lipinski definition) is 4. The molecular formula is C5H3NO2S. The number of allylic oxidation sites excluding steroid dienone is 1. The Bertz CT molecular complexity index is 201. The Balaban J connectivity index is 4.37. The highest BCUT2D eigenvalue weighted by Gasteiger charge is 2.03. The van der Waals surface area contributed by atoms with E-state index in [1.165, 1.54) is 6.07 Å². The van der Waals surface area contributed by atoms with Gasteiger partial charge in [-0.15, -0.1) is 12.6 Å². The van der Waals surface area contributed by atoms with Crippen LogP contribution in [-0.4, -0.2) is 12.1 Å². The fourth-order valence-corrected chi connectivity index (χ4v) is 0.396. The molecule has 0 rings (SSSR count). The molecule has 0 saturated carbocycles. The molecule has 0 aromatic rings. The third kappa shape index (κ3) is 2.11. The number of ketones is 1. The van der Waals surface area contributed by atoms with Gasteiger partial charge < -0.3 is 0 Å². The van der Waals surface area contributed by atoms with Gasteiger partial charge in [0, 0.05) is 0 Å². The zero-order valence-corrected chi connectivity index (χ0v) is 5.26. The molecule has 0 fully saturated rings. The van der Waals surface area contributed by atoms with Crippen LogP contribution in [-0.2, 0) is 9.59 Å². The molecule has 0 saturated heterocycles. The first-order valence-electron chi connectivity index (χ1n) is 2.00. The van der Waals surface area contributed by atoms with E-state index in [1.807, 2.05) is 0 Å². The van der Waals surface area contributed by atoms with Gasteiger partial charge in [-0.2, -0.15) is 5.26 Å². The quantitative estimate of drug-likeness (QED) is 0.195. The molecule has 0 unspecified atom stereocenters. The Labute approximate surface area is 57.4 Å². The summed E-state index contributed by atoms with van der Waals surface area (Å²) in [7, 11) is 0. The van der Waals surface area contributed by atoms with Crippen LogP contribution < -0.4 is 0 Å². The molecule has 0 spiro atoms. The van der Waals surface area contributed by atoms with Crippen LogP contribution in [0.15, 0.2) is 11.0 Å². The van der Waals surface area contributed by atoms with Crippen molar-refractivity contribution in [1.29, 1.82) is 5.26 Å². The largest absolute Gasteiger partial charge is 0.294 e. The van der Waals surface area contributed by atoms with E-state index in [9.17, 15) is 9.59 Å². The van der Waals surface area contributed by atoms with E-state index in [0.717, 1.165) is 5.41 Å². The van der Waals surface area contributed by atoms with Crippen LogP contribution in [0.2, 0.25) is 0 Å². The van der Waals surface area contributed by atoms with Crippen LogP contribution in [0.1, 0.15) is 0 Å². The second-order valence-corrected chi connectivity index (χ2v) is 1.39. The third-order valence-corrected chi connectivity index (χ3v) is 0.880. The molecule has 46 valence electrons. The van der Waals surface area contributed by atoms with Crippen molar-refractivity contribution >= 4 is 24.7 Å². The zero-order valence-electron chi connectivity index (χ0n) is 4.37. The molecule has 0 N–H and O–H groups in total. The molecule has 0 heterocycles. The molecule has 0 aliphatic heterocycles. The number of Topliss-reactive ketones (excluding diaryl/α,β-unsaturated/α-hetero) is 1. The Hall–Kier alpha value is -1.08. The van der Waals surface area contributed by atoms with Crippen molar-refractivity contribution < 1.29 is 9.59 Å². The van der Waals surface area contributed by atoms with E-state index < -0.39 is 5.78 Å². The topological polar surface area (TPSA) is 57.9 Å². The summed E-state index contributed by atoms with van der Waals surface area (Å²) in [6.07, 6.45) is 0.0747. The van der Waals surface area contributed by atoms with E-state index in [2.05, 4.69) is 12.6 Å². The lowest BCUT2D eigenvalue weighted by Gasteiger charge is -1.80. The van der Waals surface area contributed by atoms with Crippen molar-refractivity contribution in [1.82, 2.24) is 0 Å². The number of carbonyl (C=O) groups is 2. The summed E-state index contributed by atoms with van der Waals surface area (Å²) in [6, 6.07) is 1.51. The molecule has 0 aromatic carbocycles. The second kappa shape index (κ2) is 3.87. The number of nitrogens with zero attached hydrogens (tertiary/aromatic N) is 1. The van der Waals surface area contributed by atoms with Crippen molar-refractivity contribution in [3.05, 3.63) is 11.0 Å². The van der Waals surface area contributed by atoms with Gasteiger partial charge in [-0.25, -0.2) is 0 Å². The number of aldehydes is 1. The van der Waals surface area contributed by atoms with Gasteiger partial charge in [0.15, 0.2) is 6.29 Å². The summed E-state index contributed by atoms with van der Waals surface area (Å²) < 4.78 is 0. The molecule has 0 aromatic heterocycles. The van der Waals surface area contributed by atoms with Gasteiger partial charge in [0.05, 0.1) is 0 Å².